The SMILES string of the molecule is O=C(CCCc1ccccc1)Nc1ccc(Cl)nn1. The van der Waals surface area contributed by atoms with Crippen LogP contribution in [-0.4, -0.2) is 16.1 Å². The number of nitrogens with one attached hydrogen (secondary N) is 1. The van der Waals surface area contributed by atoms with Crippen molar-refractivity contribution in [2.45, 2.75) is 19.3 Å². The van der Waals surface area contributed by atoms with Crippen LogP contribution < -0.4 is 5.32 Å². The summed E-state index contributed by atoms with van der Waals surface area (Å²) in [5.41, 5.74) is 1.24. The lowest BCUT2D eigenvalue weighted by Crippen LogP contribution is -2.12. The Morgan fingerprint density at radius 2 is 1.89 bits per heavy atom. The van der Waals surface area contributed by atoms with Crippen LogP contribution in [-0.2, 0) is 11.2 Å². The summed E-state index contributed by atoms with van der Waals surface area (Å²) in [5.74, 6) is 0.363. The Labute approximate surface area is 116 Å². The highest BCUT2D eigenvalue weighted by molar-refractivity contribution is 6.29. The Bertz CT molecular complexity index is 528. The third kappa shape index (κ3) is 4.67. The fourth-order valence-corrected chi connectivity index (χ4v) is 1.79. The standard InChI is InChI=1S/C14H14ClN3O/c15-12-9-10-13(18-17-12)16-14(19)8-4-7-11-5-2-1-3-6-11/h1-3,5-6,9-10H,4,7-8H2,(H,16,18,19). The number of halogens is 1. The zero-order chi connectivity index (χ0) is 13.5. The number of hydrogen-bond donors (Lipinski definition) is 1. The number of benzene rings is 1. The van der Waals surface area contributed by atoms with E-state index in [0.29, 0.717) is 17.4 Å². The van der Waals surface area contributed by atoms with Crippen LogP contribution >= 0.6 is 11.6 Å². The molecule has 1 aromatic heterocycles. The molecule has 4 nitrogen and oxygen atoms in total. The first kappa shape index (κ1) is 13.5. The molecule has 98 valence electrons. The van der Waals surface area contributed by atoms with E-state index in [1.54, 1.807) is 12.1 Å². The van der Waals surface area contributed by atoms with Crippen LogP contribution in [0, 0.1) is 0 Å². The largest absolute Gasteiger partial charge is 0.309 e. The predicted molar refractivity (Wildman–Crippen MR) is 75.1 cm³/mol. The summed E-state index contributed by atoms with van der Waals surface area (Å²) in [6, 6.07) is 13.3. The van der Waals surface area contributed by atoms with Gasteiger partial charge in [-0.05, 0) is 30.5 Å². The molecule has 1 aromatic carbocycles. The lowest BCUT2D eigenvalue weighted by molar-refractivity contribution is -0.116. The molecule has 1 N–H and O–H groups in total. The molecule has 0 aliphatic rings. The molecule has 0 fully saturated rings. The highest BCUT2D eigenvalue weighted by Gasteiger charge is 2.04. The molecule has 2 aromatic rings. The summed E-state index contributed by atoms with van der Waals surface area (Å²) < 4.78 is 0. The Hall–Kier alpha value is -1.94. The smallest absolute Gasteiger partial charge is 0.225 e. The van der Waals surface area contributed by atoms with Gasteiger partial charge in [-0.25, -0.2) is 0 Å². The molecule has 1 amide bonds. The van der Waals surface area contributed by atoms with Crippen LogP contribution in [0.1, 0.15) is 18.4 Å². The van der Waals surface area contributed by atoms with Gasteiger partial charge in [-0.3, -0.25) is 4.79 Å². The Morgan fingerprint density at radius 3 is 2.58 bits per heavy atom. The van der Waals surface area contributed by atoms with Gasteiger partial charge >= 0.3 is 0 Å². The second-order valence-electron chi connectivity index (χ2n) is 4.13. The minimum Gasteiger partial charge on any atom is -0.309 e. The number of carbonyl (C=O) groups excluding carboxylic acids is 1. The maximum absolute atomic E-state index is 11.7. The molecule has 1 heterocycles. The third-order valence-electron chi connectivity index (χ3n) is 2.61. The van der Waals surface area contributed by atoms with E-state index in [9.17, 15) is 4.79 Å². The number of carbonyl (C=O) groups is 1. The van der Waals surface area contributed by atoms with E-state index in [-0.39, 0.29) is 5.91 Å². The fourth-order valence-electron chi connectivity index (χ4n) is 1.69. The lowest BCUT2D eigenvalue weighted by Gasteiger charge is -2.04. The molecule has 0 bridgehead atoms. The van der Waals surface area contributed by atoms with E-state index >= 15 is 0 Å². The van der Waals surface area contributed by atoms with Crippen molar-refractivity contribution in [3.05, 3.63) is 53.2 Å². The summed E-state index contributed by atoms with van der Waals surface area (Å²) >= 11 is 5.61. The molecule has 19 heavy (non-hydrogen) atoms. The first-order valence-corrected chi connectivity index (χ1v) is 6.45. The van der Waals surface area contributed by atoms with Gasteiger partial charge in [-0.2, -0.15) is 0 Å². The molecule has 0 spiro atoms. The summed E-state index contributed by atoms with van der Waals surface area (Å²) in [4.78, 5) is 11.7. The Kier molecular flexibility index (Phi) is 4.86. The summed E-state index contributed by atoms with van der Waals surface area (Å²) in [6.07, 6.45) is 2.15. The number of aromatic nitrogens is 2. The van der Waals surface area contributed by atoms with Gasteiger partial charge in [-0.15, -0.1) is 10.2 Å². The third-order valence-corrected chi connectivity index (χ3v) is 2.81. The van der Waals surface area contributed by atoms with Crippen molar-refractivity contribution in [1.82, 2.24) is 10.2 Å². The average molecular weight is 276 g/mol. The summed E-state index contributed by atoms with van der Waals surface area (Å²) in [7, 11) is 0. The Balaban J connectivity index is 1.74. The fraction of sp³-hybridized carbons (Fsp3) is 0.214. The number of anilines is 1. The van der Waals surface area contributed by atoms with Gasteiger partial charge in [0.1, 0.15) is 0 Å². The van der Waals surface area contributed by atoms with Crippen molar-refractivity contribution in [2.24, 2.45) is 0 Å². The number of nitrogens with zero attached hydrogens (tertiary/aromatic N) is 2. The zero-order valence-corrected chi connectivity index (χ0v) is 11.1. The number of hydrogen-bond acceptors (Lipinski definition) is 3. The molecule has 0 aliphatic heterocycles. The average Bonchev–Trinajstić information content (AvgIpc) is 2.43. The normalized spacial score (nSPS) is 10.2. The van der Waals surface area contributed by atoms with Gasteiger partial charge in [0, 0.05) is 6.42 Å². The van der Waals surface area contributed by atoms with Gasteiger partial charge < -0.3 is 5.32 Å². The van der Waals surface area contributed by atoms with E-state index in [1.165, 1.54) is 5.56 Å². The maximum Gasteiger partial charge on any atom is 0.225 e. The monoisotopic (exact) mass is 275 g/mol. The van der Waals surface area contributed by atoms with E-state index in [2.05, 4.69) is 27.6 Å². The molecule has 0 saturated carbocycles. The van der Waals surface area contributed by atoms with Gasteiger partial charge in [0.15, 0.2) is 11.0 Å². The van der Waals surface area contributed by atoms with Crippen LogP contribution in [0.2, 0.25) is 5.15 Å². The Morgan fingerprint density at radius 1 is 1.11 bits per heavy atom. The second-order valence-corrected chi connectivity index (χ2v) is 4.52. The molecule has 0 radical (unpaired) electrons. The number of aryl methyl sites for hydroxylation is 1. The topological polar surface area (TPSA) is 54.9 Å². The van der Waals surface area contributed by atoms with Crippen LogP contribution in [0.25, 0.3) is 0 Å². The number of amides is 1. The first-order chi connectivity index (χ1) is 9.24. The maximum atomic E-state index is 11.7. The zero-order valence-electron chi connectivity index (χ0n) is 10.3. The van der Waals surface area contributed by atoms with Crippen molar-refractivity contribution < 1.29 is 4.79 Å². The lowest BCUT2D eigenvalue weighted by atomic mass is 10.1. The van der Waals surface area contributed by atoms with E-state index < -0.39 is 0 Å². The highest BCUT2D eigenvalue weighted by atomic mass is 35.5. The van der Waals surface area contributed by atoms with Gasteiger partial charge in [0.05, 0.1) is 0 Å². The summed E-state index contributed by atoms with van der Waals surface area (Å²) in [6.45, 7) is 0. The van der Waals surface area contributed by atoms with E-state index in [4.69, 9.17) is 11.6 Å². The van der Waals surface area contributed by atoms with Crippen molar-refractivity contribution in [3.8, 4) is 0 Å². The van der Waals surface area contributed by atoms with Crippen LogP contribution in [0.5, 0.6) is 0 Å². The molecule has 0 aliphatic carbocycles. The van der Waals surface area contributed by atoms with Crippen molar-refractivity contribution in [1.29, 1.82) is 0 Å². The van der Waals surface area contributed by atoms with E-state index in [0.717, 1.165) is 12.8 Å². The van der Waals surface area contributed by atoms with Gasteiger partial charge in [-0.1, -0.05) is 41.9 Å². The van der Waals surface area contributed by atoms with E-state index in [1.807, 2.05) is 18.2 Å². The quantitative estimate of drug-likeness (QED) is 0.912. The predicted octanol–water partition coefficient (Wildman–Crippen LogP) is 3.09. The van der Waals surface area contributed by atoms with Gasteiger partial charge in [0.2, 0.25) is 5.91 Å². The van der Waals surface area contributed by atoms with Crippen molar-refractivity contribution in [3.63, 3.8) is 0 Å². The minimum absolute atomic E-state index is 0.0625. The van der Waals surface area contributed by atoms with Gasteiger partial charge in [0.25, 0.3) is 0 Å². The molecule has 0 atom stereocenters. The minimum atomic E-state index is -0.0625. The molecule has 0 unspecified atom stereocenters. The molecular formula is C14H14ClN3O. The molecule has 2 rings (SSSR count). The van der Waals surface area contributed by atoms with Crippen LogP contribution in [0.15, 0.2) is 42.5 Å². The highest BCUT2D eigenvalue weighted by Crippen LogP contribution is 2.08. The van der Waals surface area contributed by atoms with Crippen LogP contribution in [0.4, 0.5) is 5.82 Å². The number of rotatable bonds is 5. The first-order valence-electron chi connectivity index (χ1n) is 6.07. The summed E-state index contributed by atoms with van der Waals surface area (Å²) in [5, 5.41) is 10.4. The molecular weight excluding hydrogens is 262 g/mol. The van der Waals surface area contributed by atoms with Crippen molar-refractivity contribution >= 4 is 23.3 Å². The molecule has 5 heteroatoms. The van der Waals surface area contributed by atoms with Crippen molar-refractivity contribution in [2.75, 3.05) is 5.32 Å². The van der Waals surface area contributed by atoms with Crippen LogP contribution in [0.3, 0.4) is 0 Å². The second kappa shape index (κ2) is 6.85. The molecule has 0 saturated heterocycles.